The lowest BCUT2D eigenvalue weighted by Gasteiger charge is -2.44. The molecule has 7 rings (SSSR count). The molecule has 14 heteroatoms. The fourth-order valence-electron chi connectivity index (χ4n) is 7.08. The molecule has 3 aromatic carbocycles. The minimum absolute atomic E-state index is 0.0103. The van der Waals surface area contributed by atoms with Gasteiger partial charge in [-0.3, -0.25) is 15.0 Å². The Morgan fingerprint density at radius 2 is 1.73 bits per heavy atom. The van der Waals surface area contributed by atoms with Gasteiger partial charge >= 0.3 is 6.09 Å². The molecule has 4 heterocycles. The molecule has 1 aromatic heterocycles. The summed E-state index contributed by atoms with van der Waals surface area (Å²) in [7, 11) is 2.93. The molecule has 0 spiro atoms. The van der Waals surface area contributed by atoms with Crippen LogP contribution < -0.4 is 24.2 Å². The highest BCUT2D eigenvalue weighted by Crippen LogP contribution is 2.41. The molecule has 1 N–H and O–H groups in total. The van der Waals surface area contributed by atoms with Crippen LogP contribution in [0.5, 0.6) is 11.5 Å². The predicted molar refractivity (Wildman–Crippen MR) is 182 cm³/mol. The van der Waals surface area contributed by atoms with Crippen LogP contribution in [0.3, 0.4) is 0 Å². The topological polar surface area (TPSA) is 115 Å². The van der Waals surface area contributed by atoms with Crippen LogP contribution in [0.4, 0.5) is 19.3 Å². The monoisotopic (exact) mass is 741 g/mol. The predicted octanol–water partition coefficient (Wildman–Crippen LogP) is 5.79. The van der Waals surface area contributed by atoms with Crippen molar-refractivity contribution < 1.29 is 47.6 Å². The van der Waals surface area contributed by atoms with Crippen LogP contribution in [0.2, 0.25) is 10.0 Å². The number of carbonyl (C=O) groups excluding carboxylic acids is 2. The number of halogens is 4. The second kappa shape index (κ2) is 15.3. The largest absolute Gasteiger partial charge is 0.545 e. The van der Waals surface area contributed by atoms with E-state index in [1.807, 2.05) is 0 Å². The Morgan fingerprint density at radius 1 is 1.02 bits per heavy atom. The summed E-state index contributed by atoms with van der Waals surface area (Å²) in [6, 6.07) is 12.2. The smallest absolute Gasteiger partial charge is 0.415 e. The first-order chi connectivity index (χ1) is 24.5. The first-order valence-electron chi connectivity index (χ1n) is 16.3. The van der Waals surface area contributed by atoms with Gasteiger partial charge in [0.1, 0.15) is 27.8 Å². The van der Waals surface area contributed by atoms with E-state index < -0.39 is 42.3 Å². The van der Waals surface area contributed by atoms with Gasteiger partial charge in [-0.15, -0.1) is 0 Å². The highest BCUT2D eigenvalue weighted by atomic mass is 35.5. The lowest BCUT2D eigenvalue weighted by Crippen LogP contribution is -2.53. The third-order valence-corrected chi connectivity index (χ3v) is 10.3. The highest BCUT2D eigenvalue weighted by molar-refractivity contribution is 6.35. The maximum atomic E-state index is 15.5. The molecule has 0 radical (unpaired) electrons. The van der Waals surface area contributed by atoms with Gasteiger partial charge < -0.3 is 24.1 Å². The molecule has 2 bridgehead atoms. The molecule has 51 heavy (non-hydrogen) atoms. The van der Waals surface area contributed by atoms with E-state index in [0.717, 1.165) is 49.0 Å². The number of piperidine rings is 3. The van der Waals surface area contributed by atoms with Crippen LogP contribution in [0, 0.1) is 17.6 Å². The summed E-state index contributed by atoms with van der Waals surface area (Å²) in [6.07, 6.45) is 2.79. The molecule has 0 unspecified atom stereocenters. The Labute approximate surface area is 303 Å². The van der Waals surface area contributed by atoms with Crippen LogP contribution in [-0.4, -0.2) is 62.1 Å². The Balaban J connectivity index is 1.51. The zero-order valence-corrected chi connectivity index (χ0v) is 29.3. The number of aromatic carboxylic acids is 1. The molecule has 3 aliphatic rings. The lowest BCUT2D eigenvalue weighted by molar-refractivity contribution is -0.904. The molecule has 3 fully saturated rings. The van der Waals surface area contributed by atoms with Crippen LogP contribution in [0.25, 0.3) is 0 Å². The van der Waals surface area contributed by atoms with Gasteiger partial charge in [0.2, 0.25) is 12.4 Å². The third kappa shape index (κ3) is 7.68. The van der Waals surface area contributed by atoms with Crippen molar-refractivity contribution in [2.24, 2.45) is 5.92 Å². The number of anilines is 1. The Bertz CT molecular complexity index is 1930. The van der Waals surface area contributed by atoms with Crippen molar-refractivity contribution >= 4 is 41.0 Å². The number of carbonyl (C=O) groups is 2. The van der Waals surface area contributed by atoms with Gasteiger partial charge in [-0.2, -0.15) is 0 Å². The second-order valence-electron chi connectivity index (χ2n) is 12.6. The zero-order valence-electron chi connectivity index (χ0n) is 27.8. The Morgan fingerprint density at radius 3 is 2.35 bits per heavy atom. The SMILES string of the molecule is COc1ccc([C@H](Cc2c(Cl)c[n+](O)cc2Cl)c2c(CN(C(=O)O[C@H]3CN4CCC3CC4)c3cc(F)ccc3F)cccc2C(=O)[O-])cc1OC. The number of aromatic nitrogens is 1. The number of fused-ring (bicyclic) bond motifs is 3. The molecule has 10 nitrogen and oxygen atoms in total. The van der Waals surface area contributed by atoms with Crippen LogP contribution >= 0.6 is 23.2 Å². The Kier molecular flexibility index (Phi) is 10.8. The number of benzene rings is 3. The van der Waals surface area contributed by atoms with E-state index >= 15 is 4.39 Å². The van der Waals surface area contributed by atoms with Crippen molar-refractivity contribution in [1.82, 2.24) is 4.90 Å². The summed E-state index contributed by atoms with van der Waals surface area (Å²) in [5.41, 5.74) is 0.765. The number of nitrogens with zero attached hydrogens (tertiary/aromatic N) is 3. The number of rotatable bonds is 11. The fourth-order valence-corrected chi connectivity index (χ4v) is 7.69. The van der Waals surface area contributed by atoms with Crippen molar-refractivity contribution in [3.63, 3.8) is 0 Å². The number of carboxylic acids is 1. The molecule has 268 valence electrons. The van der Waals surface area contributed by atoms with Crippen molar-refractivity contribution in [2.45, 2.75) is 37.8 Å². The van der Waals surface area contributed by atoms with Gasteiger partial charge in [0.25, 0.3) is 0 Å². The zero-order chi connectivity index (χ0) is 36.4. The van der Waals surface area contributed by atoms with E-state index in [1.54, 1.807) is 24.3 Å². The van der Waals surface area contributed by atoms with E-state index in [-0.39, 0.29) is 44.8 Å². The van der Waals surface area contributed by atoms with Crippen LogP contribution in [-0.2, 0) is 17.7 Å². The number of hydrogen-bond acceptors (Lipinski definition) is 8. The van der Waals surface area contributed by atoms with Gasteiger partial charge in [0, 0.05) is 34.4 Å². The fraction of sp³-hybridized carbons (Fsp3) is 0.324. The summed E-state index contributed by atoms with van der Waals surface area (Å²) in [4.78, 5) is 30.1. The molecule has 0 saturated carbocycles. The molecule has 1 amide bonds. The van der Waals surface area contributed by atoms with Crippen molar-refractivity contribution in [1.29, 1.82) is 0 Å². The normalized spacial score (nSPS) is 18.6. The highest BCUT2D eigenvalue weighted by Gasteiger charge is 2.38. The average molecular weight is 743 g/mol. The molecule has 4 aromatic rings. The summed E-state index contributed by atoms with van der Waals surface area (Å²) in [5, 5.41) is 23.1. The summed E-state index contributed by atoms with van der Waals surface area (Å²) in [6.45, 7) is 1.90. The first kappa shape index (κ1) is 36.2. The molecular formula is C37H35Cl2F2N3O7. The number of carboxylic acid groups (broad SMARTS) is 1. The van der Waals surface area contributed by atoms with Crippen molar-refractivity contribution in [3.8, 4) is 11.5 Å². The molecule has 0 aliphatic carbocycles. The Hall–Kier alpha value is -4.65. The lowest BCUT2D eigenvalue weighted by atomic mass is 9.80. The quantitative estimate of drug-likeness (QED) is 0.152. The van der Waals surface area contributed by atoms with E-state index in [2.05, 4.69) is 4.90 Å². The second-order valence-corrected chi connectivity index (χ2v) is 13.4. The summed E-state index contributed by atoms with van der Waals surface area (Å²) in [5.74, 6) is -3.17. The van der Waals surface area contributed by atoms with E-state index in [0.29, 0.717) is 33.9 Å². The summed E-state index contributed by atoms with van der Waals surface area (Å²) < 4.78 is 47.9. The van der Waals surface area contributed by atoms with Crippen LogP contribution in [0.1, 0.15) is 51.4 Å². The van der Waals surface area contributed by atoms with E-state index in [4.69, 9.17) is 37.4 Å². The molecule has 3 saturated heterocycles. The first-order valence-corrected chi connectivity index (χ1v) is 17.0. The maximum Gasteiger partial charge on any atom is 0.415 e. The van der Waals surface area contributed by atoms with Gasteiger partial charge in [-0.25, -0.2) is 13.6 Å². The van der Waals surface area contributed by atoms with E-state index in [1.165, 1.54) is 38.7 Å². The standard InChI is InChI=1S/C37H35Cl2F2N3O7/c1-49-32-9-6-22(14-33(32)50-2)26(16-27-28(38)18-43(48)19-29(27)39)35-23(4-3-5-25(35)36(45)46)17-44(31-15-24(40)7-8-30(31)41)37(47)51-34-20-42-12-10-21(34)11-13-42/h3-9,14-15,18-19,21,26,34H,10-13,16-17,20H2,1-2H3,(H-,45,46,48)/t26-,34-/m0/s1. The van der Waals surface area contributed by atoms with Gasteiger partial charge in [0.05, 0.1) is 32.4 Å². The maximum absolute atomic E-state index is 15.5. The number of hydrogen-bond donors (Lipinski definition) is 1. The molecule has 2 atom stereocenters. The van der Waals surface area contributed by atoms with Gasteiger partial charge in [0.15, 0.2) is 11.5 Å². The number of methoxy groups -OCH3 is 2. The number of amides is 1. The average Bonchev–Trinajstić information content (AvgIpc) is 3.11. The third-order valence-electron chi connectivity index (χ3n) is 9.65. The summed E-state index contributed by atoms with van der Waals surface area (Å²) >= 11 is 13.1. The van der Waals surface area contributed by atoms with Crippen molar-refractivity contribution in [3.05, 3.63) is 116 Å². The minimum atomic E-state index is -1.52. The van der Waals surface area contributed by atoms with E-state index in [9.17, 15) is 24.3 Å². The van der Waals surface area contributed by atoms with Gasteiger partial charge in [-0.1, -0.05) is 47.5 Å². The van der Waals surface area contributed by atoms with Crippen molar-refractivity contribution in [2.75, 3.05) is 38.8 Å². The number of ether oxygens (including phenoxy) is 3. The molecule has 3 aliphatic heterocycles. The number of pyridine rings is 1. The molecular weight excluding hydrogens is 707 g/mol. The van der Waals surface area contributed by atoms with Crippen LogP contribution in [0.15, 0.2) is 67.0 Å². The minimum Gasteiger partial charge on any atom is -0.545 e. The van der Waals surface area contributed by atoms with Gasteiger partial charge in [-0.05, 0) is 79.2 Å².